The number of hydrogen-bond acceptors (Lipinski definition) is 3. The molecule has 2 N–H and O–H groups in total. The van der Waals surface area contributed by atoms with Crippen molar-refractivity contribution in [2.75, 3.05) is 0 Å². The molecule has 1 aliphatic heterocycles. The summed E-state index contributed by atoms with van der Waals surface area (Å²) < 4.78 is 5.96. The molecule has 0 fully saturated rings. The van der Waals surface area contributed by atoms with Crippen molar-refractivity contribution in [1.29, 1.82) is 5.26 Å². The number of rotatable bonds is 2. The third-order valence-electron chi connectivity index (χ3n) is 3.74. The minimum absolute atomic E-state index is 0.124. The summed E-state index contributed by atoms with van der Waals surface area (Å²) >= 11 is 0. The molecule has 112 valence electrons. The minimum atomic E-state index is -0.347. The van der Waals surface area contributed by atoms with E-state index in [1.54, 1.807) is 6.07 Å². The molecule has 1 aromatic heterocycles. The van der Waals surface area contributed by atoms with Crippen molar-refractivity contribution in [3.8, 4) is 11.8 Å². The Morgan fingerprint density at radius 1 is 1.45 bits per heavy atom. The summed E-state index contributed by atoms with van der Waals surface area (Å²) in [5.41, 5.74) is 1.46. The van der Waals surface area contributed by atoms with Crippen LogP contribution in [0.4, 0.5) is 0 Å². The average Bonchev–Trinajstić information content (AvgIpc) is 2.95. The lowest BCUT2D eigenvalue weighted by Crippen LogP contribution is -2.41. The van der Waals surface area contributed by atoms with Crippen LogP contribution in [0.2, 0.25) is 0 Å². The van der Waals surface area contributed by atoms with E-state index in [2.05, 4.69) is 10.3 Å². The molecule has 0 radical (unpaired) electrons. The third kappa shape index (κ3) is 2.68. The number of para-hydroxylation sites is 1. The van der Waals surface area contributed by atoms with Gasteiger partial charge in [-0.2, -0.15) is 5.26 Å². The number of benzene rings is 1. The summed E-state index contributed by atoms with van der Waals surface area (Å²) in [6.45, 7) is 4.01. The topological polar surface area (TPSA) is 77.9 Å². The number of nitrogens with one attached hydrogen (secondary N) is 2. The van der Waals surface area contributed by atoms with Gasteiger partial charge in [-0.05, 0) is 26.0 Å². The van der Waals surface area contributed by atoms with Gasteiger partial charge < -0.3 is 15.0 Å². The van der Waals surface area contributed by atoms with E-state index < -0.39 is 0 Å². The van der Waals surface area contributed by atoms with Crippen LogP contribution >= 0.6 is 0 Å². The maximum atomic E-state index is 12.4. The van der Waals surface area contributed by atoms with Crippen LogP contribution in [-0.2, 0) is 0 Å². The fraction of sp³-hybridized carbons (Fsp3) is 0.294. The molecule has 3 rings (SSSR count). The summed E-state index contributed by atoms with van der Waals surface area (Å²) in [7, 11) is 0. The van der Waals surface area contributed by atoms with Crippen LogP contribution in [0.3, 0.4) is 0 Å². The Hall–Kier alpha value is -2.74. The number of hydrogen-bond donors (Lipinski definition) is 2. The number of fused-ring (bicyclic) bond motifs is 1. The molecule has 0 spiro atoms. The zero-order valence-corrected chi connectivity index (χ0v) is 12.5. The van der Waals surface area contributed by atoms with Gasteiger partial charge in [0.25, 0.3) is 5.91 Å². The summed E-state index contributed by atoms with van der Waals surface area (Å²) in [6.07, 6.45) is 2.21. The van der Waals surface area contributed by atoms with Crippen LogP contribution in [0.15, 0.2) is 36.5 Å². The van der Waals surface area contributed by atoms with E-state index in [4.69, 9.17) is 10.00 Å². The molecule has 5 nitrogen and oxygen atoms in total. The molecule has 1 atom stereocenters. The molecule has 22 heavy (non-hydrogen) atoms. The van der Waals surface area contributed by atoms with Crippen molar-refractivity contribution < 1.29 is 9.53 Å². The van der Waals surface area contributed by atoms with Gasteiger partial charge in [-0.15, -0.1) is 0 Å². The van der Waals surface area contributed by atoms with E-state index in [1.807, 2.05) is 44.2 Å². The highest BCUT2D eigenvalue weighted by Crippen LogP contribution is 2.39. The summed E-state index contributed by atoms with van der Waals surface area (Å²) in [4.78, 5) is 15.2. The quantitative estimate of drug-likeness (QED) is 0.894. The van der Waals surface area contributed by atoms with Gasteiger partial charge in [-0.1, -0.05) is 18.2 Å². The Labute approximate surface area is 128 Å². The second-order valence-corrected chi connectivity index (χ2v) is 6.04. The number of nitriles is 1. The Balaban J connectivity index is 1.85. The molecule has 0 saturated heterocycles. The molecule has 2 aromatic rings. The van der Waals surface area contributed by atoms with Gasteiger partial charge in [-0.25, -0.2) is 0 Å². The van der Waals surface area contributed by atoms with Crippen LogP contribution in [0.1, 0.15) is 47.9 Å². The largest absolute Gasteiger partial charge is 0.487 e. The molecule has 0 bridgehead atoms. The number of carbonyl (C=O) groups is 1. The molecule has 0 unspecified atom stereocenters. The number of ether oxygens (including phenoxy) is 1. The molecular weight excluding hydrogens is 278 g/mol. The smallest absolute Gasteiger partial charge is 0.268 e. The van der Waals surface area contributed by atoms with Gasteiger partial charge in [-0.3, -0.25) is 4.79 Å². The first-order valence-corrected chi connectivity index (χ1v) is 7.16. The number of aromatic amines is 1. The fourth-order valence-corrected chi connectivity index (χ4v) is 2.76. The standard InChI is InChI=1S/C17H17N3O2/c1-17(2)8-14(12-5-3-4-6-15(12)22-17)20-16(21)13-7-11(9-18)10-19-13/h3-7,10,14,19H,8H2,1-2H3,(H,20,21)/t14-/m1/s1. The maximum Gasteiger partial charge on any atom is 0.268 e. The second-order valence-electron chi connectivity index (χ2n) is 6.04. The van der Waals surface area contributed by atoms with Crippen LogP contribution in [0.5, 0.6) is 5.75 Å². The molecule has 0 aliphatic carbocycles. The van der Waals surface area contributed by atoms with Gasteiger partial charge in [0.1, 0.15) is 23.1 Å². The van der Waals surface area contributed by atoms with E-state index in [-0.39, 0.29) is 17.6 Å². The first-order valence-electron chi connectivity index (χ1n) is 7.16. The molecule has 1 aromatic carbocycles. The van der Waals surface area contributed by atoms with Gasteiger partial charge >= 0.3 is 0 Å². The summed E-state index contributed by atoms with van der Waals surface area (Å²) in [6, 6.07) is 11.2. The Kier molecular flexibility index (Phi) is 3.38. The minimum Gasteiger partial charge on any atom is -0.487 e. The first kappa shape index (κ1) is 14.2. The lowest BCUT2D eigenvalue weighted by molar-refractivity contribution is 0.0618. The van der Waals surface area contributed by atoms with Crippen LogP contribution in [-0.4, -0.2) is 16.5 Å². The molecule has 5 heteroatoms. The molecule has 1 amide bonds. The molecule has 2 heterocycles. The SMILES string of the molecule is CC1(C)C[C@@H](NC(=O)c2cc(C#N)c[nH]2)c2ccccc2O1. The lowest BCUT2D eigenvalue weighted by atomic mass is 9.89. The predicted octanol–water partition coefficient (Wildman–Crippen LogP) is 2.92. The highest BCUT2D eigenvalue weighted by Gasteiger charge is 2.34. The zero-order chi connectivity index (χ0) is 15.7. The van der Waals surface area contributed by atoms with Crippen molar-refractivity contribution in [3.05, 3.63) is 53.3 Å². The predicted molar refractivity (Wildman–Crippen MR) is 81.5 cm³/mol. The summed E-state index contributed by atoms with van der Waals surface area (Å²) in [5.74, 6) is 0.576. The zero-order valence-electron chi connectivity index (χ0n) is 12.5. The maximum absolute atomic E-state index is 12.4. The van der Waals surface area contributed by atoms with Crippen LogP contribution < -0.4 is 10.1 Å². The van der Waals surface area contributed by atoms with Crippen molar-refractivity contribution in [2.45, 2.75) is 31.9 Å². The van der Waals surface area contributed by atoms with E-state index in [0.29, 0.717) is 17.7 Å². The second kappa shape index (κ2) is 5.23. The van der Waals surface area contributed by atoms with Crippen LogP contribution in [0, 0.1) is 11.3 Å². The van der Waals surface area contributed by atoms with E-state index in [0.717, 1.165) is 11.3 Å². The van der Waals surface area contributed by atoms with E-state index >= 15 is 0 Å². The van der Waals surface area contributed by atoms with Gasteiger partial charge in [0.2, 0.25) is 0 Å². The first-order chi connectivity index (χ1) is 10.5. The highest BCUT2D eigenvalue weighted by molar-refractivity contribution is 5.93. The van der Waals surface area contributed by atoms with E-state index in [9.17, 15) is 4.79 Å². The van der Waals surface area contributed by atoms with Crippen molar-refractivity contribution in [2.24, 2.45) is 0 Å². The van der Waals surface area contributed by atoms with Gasteiger partial charge in [0.05, 0.1) is 11.6 Å². The monoisotopic (exact) mass is 295 g/mol. The fourth-order valence-electron chi connectivity index (χ4n) is 2.76. The van der Waals surface area contributed by atoms with Crippen molar-refractivity contribution in [3.63, 3.8) is 0 Å². The van der Waals surface area contributed by atoms with Crippen molar-refractivity contribution in [1.82, 2.24) is 10.3 Å². The number of nitrogens with zero attached hydrogens (tertiary/aromatic N) is 1. The number of aromatic nitrogens is 1. The summed E-state index contributed by atoms with van der Waals surface area (Å²) in [5, 5.41) is 11.9. The lowest BCUT2D eigenvalue weighted by Gasteiger charge is -2.37. The normalized spacial score (nSPS) is 18.7. The number of amides is 1. The van der Waals surface area contributed by atoms with Gasteiger partial charge in [0, 0.05) is 18.2 Å². The van der Waals surface area contributed by atoms with E-state index in [1.165, 1.54) is 6.20 Å². The Morgan fingerprint density at radius 3 is 2.95 bits per heavy atom. The molecular formula is C17H17N3O2. The van der Waals surface area contributed by atoms with Crippen LogP contribution in [0.25, 0.3) is 0 Å². The van der Waals surface area contributed by atoms with Gasteiger partial charge in [0.15, 0.2) is 0 Å². The molecule has 1 aliphatic rings. The number of carbonyl (C=O) groups excluding carboxylic acids is 1. The number of H-pyrrole nitrogens is 1. The third-order valence-corrected chi connectivity index (χ3v) is 3.74. The average molecular weight is 295 g/mol. The Bertz CT molecular complexity index is 755. The molecule has 0 saturated carbocycles. The highest BCUT2D eigenvalue weighted by atomic mass is 16.5. The Morgan fingerprint density at radius 2 is 2.23 bits per heavy atom. The van der Waals surface area contributed by atoms with Crippen molar-refractivity contribution >= 4 is 5.91 Å².